The van der Waals surface area contributed by atoms with Gasteiger partial charge in [-0.05, 0) is 92.3 Å². The molecule has 0 saturated heterocycles. The predicted molar refractivity (Wildman–Crippen MR) is 116 cm³/mol. The normalized spacial score (nSPS) is 16.2. The summed E-state index contributed by atoms with van der Waals surface area (Å²) in [6.07, 6.45) is 5.82. The zero-order valence-electron chi connectivity index (χ0n) is 16.9. The van der Waals surface area contributed by atoms with Gasteiger partial charge in [-0.1, -0.05) is 13.8 Å². The molecule has 0 aliphatic heterocycles. The molecule has 1 aromatic heterocycles. The van der Waals surface area contributed by atoms with Gasteiger partial charge in [0, 0.05) is 29.2 Å². The molecule has 0 saturated carbocycles. The number of fused-ring (bicyclic) bond motifs is 1. The van der Waals surface area contributed by atoms with E-state index in [1.54, 1.807) is 0 Å². The number of carbonyl (C=O) groups excluding carboxylic acids is 1. The molecule has 4 heteroatoms. The number of hydrogen-bond acceptors (Lipinski definition) is 2. The smallest absolute Gasteiger partial charge is 0.251 e. The van der Waals surface area contributed by atoms with Crippen LogP contribution in [-0.2, 0) is 12.8 Å². The van der Waals surface area contributed by atoms with Crippen molar-refractivity contribution in [2.24, 2.45) is 5.92 Å². The van der Waals surface area contributed by atoms with Crippen LogP contribution in [-0.4, -0.2) is 28.5 Å². The highest BCUT2D eigenvalue weighted by molar-refractivity contribution is 7.99. The lowest BCUT2D eigenvalue weighted by Crippen LogP contribution is -2.24. The number of hydrogen-bond donors (Lipinski definition) is 1. The minimum absolute atomic E-state index is 0.0297. The van der Waals surface area contributed by atoms with Crippen molar-refractivity contribution >= 4 is 17.7 Å². The van der Waals surface area contributed by atoms with E-state index in [4.69, 9.17) is 0 Å². The molecule has 2 aromatic rings. The number of carbonyl (C=O) groups is 1. The number of rotatable bonds is 8. The van der Waals surface area contributed by atoms with Crippen molar-refractivity contribution in [1.82, 2.24) is 9.88 Å². The Balaban J connectivity index is 1.62. The summed E-state index contributed by atoms with van der Waals surface area (Å²) in [5.74, 6) is 3.13. The average Bonchev–Trinajstić information content (AvgIpc) is 2.99. The number of benzene rings is 1. The van der Waals surface area contributed by atoms with E-state index < -0.39 is 0 Å². The van der Waals surface area contributed by atoms with Crippen LogP contribution in [0.4, 0.5) is 0 Å². The van der Waals surface area contributed by atoms with E-state index in [0.29, 0.717) is 0 Å². The Morgan fingerprint density at radius 3 is 2.78 bits per heavy atom. The Morgan fingerprint density at radius 1 is 1.26 bits per heavy atom. The Kier molecular flexibility index (Phi) is 7.06. The van der Waals surface area contributed by atoms with Crippen molar-refractivity contribution in [2.75, 3.05) is 18.1 Å². The second kappa shape index (κ2) is 9.50. The first-order valence-electron chi connectivity index (χ1n) is 10.3. The third-order valence-corrected chi connectivity index (χ3v) is 6.58. The fraction of sp³-hybridized carbons (Fsp3) is 0.522. The number of nitrogens with one attached hydrogen (secondary N) is 1. The SMILES string of the molecule is CCCSCCCNC(=O)c1ccc(-n2c(C)cc3c2CCC(C)C3)cc1. The van der Waals surface area contributed by atoms with Crippen LogP contribution in [0.3, 0.4) is 0 Å². The van der Waals surface area contributed by atoms with Gasteiger partial charge < -0.3 is 9.88 Å². The van der Waals surface area contributed by atoms with Crippen molar-refractivity contribution in [1.29, 1.82) is 0 Å². The summed E-state index contributed by atoms with van der Waals surface area (Å²) in [5.41, 5.74) is 6.14. The molecule has 1 N–H and O–H groups in total. The molecule has 3 rings (SSSR count). The van der Waals surface area contributed by atoms with Gasteiger partial charge in [-0.25, -0.2) is 0 Å². The quantitative estimate of drug-likeness (QED) is 0.637. The van der Waals surface area contributed by atoms with Crippen molar-refractivity contribution < 1.29 is 4.79 Å². The summed E-state index contributed by atoms with van der Waals surface area (Å²) in [5, 5.41) is 3.04. The molecule has 0 fully saturated rings. The van der Waals surface area contributed by atoms with Gasteiger partial charge >= 0.3 is 0 Å². The van der Waals surface area contributed by atoms with Crippen LogP contribution in [0.2, 0.25) is 0 Å². The van der Waals surface area contributed by atoms with Crippen LogP contribution in [0.15, 0.2) is 30.3 Å². The number of thioether (sulfide) groups is 1. The standard InChI is InChI=1S/C23H32N2OS/c1-4-13-27-14-5-12-24-23(26)19-7-9-21(10-8-19)25-18(3)16-20-15-17(2)6-11-22(20)25/h7-10,16-17H,4-6,11-15H2,1-3H3,(H,24,26). The minimum atomic E-state index is 0.0297. The summed E-state index contributed by atoms with van der Waals surface area (Å²) in [6, 6.07) is 10.4. The van der Waals surface area contributed by atoms with Gasteiger partial charge in [0.15, 0.2) is 0 Å². The summed E-state index contributed by atoms with van der Waals surface area (Å²) < 4.78 is 2.37. The Morgan fingerprint density at radius 2 is 2.04 bits per heavy atom. The number of nitrogens with zero attached hydrogens (tertiary/aromatic N) is 1. The number of aryl methyl sites for hydroxylation is 1. The largest absolute Gasteiger partial charge is 0.352 e. The Bertz CT molecular complexity index is 763. The molecule has 3 nitrogen and oxygen atoms in total. The highest BCUT2D eigenvalue weighted by Crippen LogP contribution is 2.30. The molecule has 1 amide bonds. The first-order valence-corrected chi connectivity index (χ1v) is 11.4. The van der Waals surface area contributed by atoms with Crippen LogP contribution < -0.4 is 5.32 Å². The van der Waals surface area contributed by atoms with Gasteiger partial charge in [0.2, 0.25) is 0 Å². The summed E-state index contributed by atoms with van der Waals surface area (Å²) in [7, 11) is 0. The van der Waals surface area contributed by atoms with Crippen molar-refractivity contribution in [3.05, 3.63) is 52.8 Å². The third-order valence-electron chi connectivity index (χ3n) is 5.31. The lowest BCUT2D eigenvalue weighted by atomic mass is 9.89. The van der Waals surface area contributed by atoms with E-state index in [0.717, 1.165) is 42.3 Å². The molecule has 0 bridgehead atoms. The number of aromatic nitrogens is 1. The van der Waals surface area contributed by atoms with Crippen LogP contribution >= 0.6 is 11.8 Å². The first kappa shape index (κ1) is 20.1. The van der Waals surface area contributed by atoms with E-state index in [1.807, 2.05) is 23.9 Å². The van der Waals surface area contributed by atoms with E-state index in [-0.39, 0.29) is 5.91 Å². The summed E-state index contributed by atoms with van der Waals surface area (Å²) in [6.45, 7) is 7.47. The highest BCUT2D eigenvalue weighted by Gasteiger charge is 2.21. The molecular formula is C23H32N2OS. The molecule has 1 aliphatic rings. The zero-order valence-corrected chi connectivity index (χ0v) is 17.7. The van der Waals surface area contributed by atoms with E-state index in [9.17, 15) is 4.79 Å². The highest BCUT2D eigenvalue weighted by atomic mass is 32.2. The van der Waals surface area contributed by atoms with Crippen molar-refractivity contribution in [3.63, 3.8) is 0 Å². The monoisotopic (exact) mass is 384 g/mol. The minimum Gasteiger partial charge on any atom is -0.352 e. The fourth-order valence-electron chi connectivity index (χ4n) is 3.91. The molecule has 1 aliphatic carbocycles. The molecule has 1 aromatic carbocycles. The van der Waals surface area contributed by atoms with Crippen LogP contribution in [0.25, 0.3) is 5.69 Å². The van der Waals surface area contributed by atoms with Gasteiger partial charge in [0.25, 0.3) is 5.91 Å². The van der Waals surface area contributed by atoms with Gasteiger partial charge in [0.1, 0.15) is 0 Å². The van der Waals surface area contributed by atoms with Crippen LogP contribution in [0.1, 0.15) is 60.4 Å². The predicted octanol–water partition coefficient (Wildman–Crippen LogP) is 5.17. The Hall–Kier alpha value is -1.68. The maximum Gasteiger partial charge on any atom is 0.251 e. The summed E-state index contributed by atoms with van der Waals surface area (Å²) in [4.78, 5) is 12.3. The van der Waals surface area contributed by atoms with Gasteiger partial charge in [-0.2, -0.15) is 11.8 Å². The second-order valence-electron chi connectivity index (χ2n) is 7.71. The zero-order chi connectivity index (χ0) is 19.2. The fourth-order valence-corrected chi connectivity index (χ4v) is 4.75. The van der Waals surface area contributed by atoms with Crippen LogP contribution in [0, 0.1) is 12.8 Å². The van der Waals surface area contributed by atoms with Gasteiger partial charge in [-0.3, -0.25) is 4.79 Å². The topological polar surface area (TPSA) is 34.0 Å². The lowest BCUT2D eigenvalue weighted by molar-refractivity contribution is 0.0954. The van der Waals surface area contributed by atoms with E-state index >= 15 is 0 Å². The molecule has 146 valence electrons. The molecule has 27 heavy (non-hydrogen) atoms. The number of amides is 1. The average molecular weight is 385 g/mol. The van der Waals surface area contributed by atoms with Crippen molar-refractivity contribution in [3.8, 4) is 5.69 Å². The maximum atomic E-state index is 12.3. The Labute approximate surface area is 167 Å². The van der Waals surface area contributed by atoms with Crippen molar-refractivity contribution in [2.45, 2.75) is 52.9 Å². The molecule has 1 atom stereocenters. The van der Waals surface area contributed by atoms with E-state index in [2.05, 4.69) is 48.9 Å². The molecule has 1 heterocycles. The molecule has 0 spiro atoms. The molecule has 0 radical (unpaired) electrons. The summed E-state index contributed by atoms with van der Waals surface area (Å²) >= 11 is 1.96. The molecular weight excluding hydrogens is 352 g/mol. The third kappa shape index (κ3) is 4.98. The first-order chi connectivity index (χ1) is 13.1. The van der Waals surface area contributed by atoms with Gasteiger partial charge in [0.05, 0.1) is 0 Å². The lowest BCUT2D eigenvalue weighted by Gasteiger charge is -2.21. The second-order valence-corrected chi connectivity index (χ2v) is 8.93. The molecule has 1 unspecified atom stereocenters. The van der Waals surface area contributed by atoms with Gasteiger partial charge in [-0.15, -0.1) is 0 Å². The maximum absolute atomic E-state index is 12.3. The van der Waals surface area contributed by atoms with E-state index in [1.165, 1.54) is 42.0 Å². The van der Waals surface area contributed by atoms with Crippen LogP contribution in [0.5, 0.6) is 0 Å².